The van der Waals surface area contributed by atoms with Gasteiger partial charge < -0.3 is 10.1 Å². The topological polar surface area (TPSA) is 55.4 Å². The van der Waals surface area contributed by atoms with Gasteiger partial charge in [-0.2, -0.15) is 0 Å². The number of ether oxygens (including phenoxy) is 1. The van der Waals surface area contributed by atoms with E-state index < -0.39 is 0 Å². The Balaban J connectivity index is 1.43. The van der Waals surface area contributed by atoms with Gasteiger partial charge in [-0.05, 0) is 86.5 Å². The Morgan fingerprint density at radius 3 is 2.60 bits per heavy atom. The van der Waals surface area contributed by atoms with Crippen molar-refractivity contribution in [2.24, 2.45) is 23.2 Å². The maximum atomic E-state index is 13.3. The van der Waals surface area contributed by atoms with Crippen molar-refractivity contribution in [2.75, 3.05) is 11.9 Å². The Kier molecular flexibility index (Phi) is 3.53. The molecule has 1 heterocycles. The predicted octanol–water partition coefficient (Wildman–Crippen LogP) is 4.57. The van der Waals surface area contributed by atoms with Crippen LogP contribution in [-0.2, 0) is 9.53 Å². The molecular formula is C20H25NO3S. The summed E-state index contributed by atoms with van der Waals surface area (Å²) in [6.45, 7) is 2.19. The third kappa shape index (κ3) is 2.38. The second-order valence-electron chi connectivity index (χ2n) is 8.54. The van der Waals surface area contributed by atoms with Crippen LogP contribution in [0, 0.1) is 23.2 Å². The second-order valence-corrected chi connectivity index (χ2v) is 9.42. The summed E-state index contributed by atoms with van der Waals surface area (Å²) in [6, 6.07) is 0. The van der Waals surface area contributed by atoms with Crippen LogP contribution >= 0.6 is 11.3 Å². The fraction of sp³-hybridized carbons (Fsp3) is 0.700. The highest BCUT2D eigenvalue weighted by Crippen LogP contribution is 2.65. The molecule has 5 heteroatoms. The Labute approximate surface area is 152 Å². The SMILES string of the molecule is CCOC(=O)c1c(C2CC2)csc1NC(=O)C12CC3CC1C[C@@H](C3)C2. The normalized spacial score (nSPS) is 35.2. The van der Waals surface area contributed by atoms with E-state index in [2.05, 4.69) is 10.7 Å². The maximum absolute atomic E-state index is 13.3. The van der Waals surface area contributed by atoms with E-state index in [1.54, 1.807) is 0 Å². The molecule has 1 amide bonds. The van der Waals surface area contributed by atoms with Crippen LogP contribution < -0.4 is 5.32 Å². The number of carbonyl (C=O) groups excluding carboxylic acids is 2. The van der Waals surface area contributed by atoms with Gasteiger partial charge in [0.05, 0.1) is 17.6 Å². The van der Waals surface area contributed by atoms with E-state index in [1.165, 1.54) is 30.6 Å². The molecule has 5 saturated carbocycles. The van der Waals surface area contributed by atoms with Crippen molar-refractivity contribution in [3.8, 4) is 0 Å². The van der Waals surface area contributed by atoms with Gasteiger partial charge in [0.2, 0.25) is 5.91 Å². The van der Waals surface area contributed by atoms with Gasteiger partial charge in [0.25, 0.3) is 0 Å². The molecule has 0 aliphatic heterocycles. The number of thiophene rings is 1. The van der Waals surface area contributed by atoms with Gasteiger partial charge in [0, 0.05) is 0 Å². The molecule has 6 rings (SSSR count). The first-order valence-electron chi connectivity index (χ1n) is 9.70. The lowest BCUT2D eigenvalue weighted by atomic mass is 9.75. The minimum absolute atomic E-state index is 0.163. The van der Waals surface area contributed by atoms with Gasteiger partial charge in [0.15, 0.2) is 0 Å². The summed E-state index contributed by atoms with van der Waals surface area (Å²) in [5, 5.41) is 5.94. The van der Waals surface area contributed by atoms with Crippen molar-refractivity contribution < 1.29 is 14.3 Å². The van der Waals surface area contributed by atoms with Gasteiger partial charge in [-0.3, -0.25) is 4.79 Å². The second kappa shape index (κ2) is 5.57. The Hall–Kier alpha value is -1.36. The zero-order valence-electron chi connectivity index (χ0n) is 14.7. The van der Waals surface area contributed by atoms with E-state index in [0.29, 0.717) is 29.0 Å². The van der Waals surface area contributed by atoms with Gasteiger partial charge in [-0.25, -0.2) is 4.79 Å². The zero-order chi connectivity index (χ0) is 17.2. The first-order valence-corrected chi connectivity index (χ1v) is 10.6. The highest BCUT2D eigenvalue weighted by molar-refractivity contribution is 7.15. The average Bonchev–Trinajstić information content (AvgIpc) is 3.22. The number of carbonyl (C=O) groups is 2. The van der Waals surface area contributed by atoms with Crippen LogP contribution in [0.1, 0.15) is 73.7 Å². The monoisotopic (exact) mass is 359 g/mol. The predicted molar refractivity (Wildman–Crippen MR) is 96.9 cm³/mol. The number of anilines is 1. The van der Waals surface area contributed by atoms with Crippen molar-refractivity contribution in [2.45, 2.75) is 57.8 Å². The molecule has 1 aromatic rings. The number of nitrogens with one attached hydrogen (secondary N) is 1. The number of hydrogen-bond acceptors (Lipinski definition) is 4. The Morgan fingerprint density at radius 2 is 1.96 bits per heavy atom. The van der Waals surface area contributed by atoms with Crippen LogP contribution in [0.2, 0.25) is 0 Å². The van der Waals surface area contributed by atoms with Crippen LogP contribution in [-0.4, -0.2) is 18.5 Å². The van der Waals surface area contributed by atoms with E-state index in [0.717, 1.165) is 43.1 Å². The van der Waals surface area contributed by atoms with Crippen molar-refractivity contribution in [1.29, 1.82) is 0 Å². The molecule has 5 aliphatic rings. The Morgan fingerprint density at radius 1 is 1.24 bits per heavy atom. The third-order valence-electron chi connectivity index (χ3n) is 6.99. The van der Waals surface area contributed by atoms with E-state index in [4.69, 9.17) is 4.74 Å². The van der Waals surface area contributed by atoms with Crippen molar-refractivity contribution in [3.05, 3.63) is 16.5 Å². The highest BCUT2D eigenvalue weighted by atomic mass is 32.1. The van der Waals surface area contributed by atoms with Crippen molar-refractivity contribution >= 4 is 28.2 Å². The molecule has 4 bridgehead atoms. The molecule has 134 valence electrons. The number of rotatable bonds is 5. The molecule has 1 aromatic heterocycles. The lowest BCUT2D eigenvalue weighted by molar-refractivity contribution is -0.127. The summed E-state index contributed by atoms with van der Waals surface area (Å²) >= 11 is 1.50. The lowest BCUT2D eigenvalue weighted by Crippen LogP contribution is -2.37. The minimum atomic E-state index is -0.282. The van der Waals surface area contributed by atoms with Crippen LogP contribution in [0.4, 0.5) is 5.00 Å². The van der Waals surface area contributed by atoms with E-state index in [1.807, 2.05) is 6.92 Å². The van der Waals surface area contributed by atoms with E-state index in [-0.39, 0.29) is 17.3 Å². The van der Waals surface area contributed by atoms with Gasteiger partial charge in [-0.1, -0.05) is 0 Å². The lowest BCUT2D eigenvalue weighted by Gasteiger charge is -2.31. The standard InChI is InChI=1S/C20H25NO3S/c1-2-24-18(22)16-15(13-3-4-13)10-25-17(16)21-19(23)20-8-11-5-12(9-20)7-14(20)6-11/h10-14H,2-9H2,1H3,(H,21,23)/t11-,12?,14?,20?/m1/s1. The summed E-state index contributed by atoms with van der Waals surface area (Å²) in [5.41, 5.74) is 1.54. The van der Waals surface area contributed by atoms with Crippen LogP contribution in [0.15, 0.2) is 5.38 Å². The van der Waals surface area contributed by atoms with Crippen LogP contribution in [0.25, 0.3) is 0 Å². The molecule has 5 aliphatic carbocycles. The van der Waals surface area contributed by atoms with Crippen LogP contribution in [0.5, 0.6) is 0 Å². The molecule has 4 nitrogen and oxygen atoms in total. The first kappa shape index (κ1) is 15.9. The minimum Gasteiger partial charge on any atom is -0.462 e. The van der Waals surface area contributed by atoms with Gasteiger partial charge >= 0.3 is 5.97 Å². The average molecular weight is 359 g/mol. The smallest absolute Gasteiger partial charge is 0.341 e. The highest BCUT2D eigenvalue weighted by Gasteiger charge is 2.61. The van der Waals surface area contributed by atoms with E-state index >= 15 is 0 Å². The van der Waals surface area contributed by atoms with Gasteiger partial charge in [0.1, 0.15) is 5.00 Å². The fourth-order valence-corrected chi connectivity index (χ4v) is 6.99. The first-order chi connectivity index (χ1) is 12.1. The Bertz CT molecular complexity index is 721. The summed E-state index contributed by atoms with van der Waals surface area (Å²) in [6.07, 6.45) is 8.15. The quantitative estimate of drug-likeness (QED) is 0.784. The maximum Gasteiger partial charge on any atom is 0.341 e. The van der Waals surface area contributed by atoms with Gasteiger partial charge in [-0.15, -0.1) is 11.3 Å². The molecule has 0 radical (unpaired) electrons. The number of hydrogen-bond donors (Lipinski definition) is 1. The number of amides is 1. The summed E-state index contributed by atoms with van der Waals surface area (Å²) in [4.78, 5) is 25.8. The zero-order valence-corrected chi connectivity index (χ0v) is 15.5. The van der Waals surface area contributed by atoms with Crippen molar-refractivity contribution in [3.63, 3.8) is 0 Å². The molecule has 4 atom stereocenters. The molecule has 1 N–H and O–H groups in total. The largest absolute Gasteiger partial charge is 0.462 e. The number of esters is 1. The summed E-state index contributed by atoms with van der Waals surface area (Å²) in [7, 11) is 0. The summed E-state index contributed by atoms with van der Waals surface area (Å²) in [5.74, 6) is 2.41. The molecule has 25 heavy (non-hydrogen) atoms. The van der Waals surface area contributed by atoms with Crippen LogP contribution in [0.3, 0.4) is 0 Å². The molecule has 5 fully saturated rings. The molecule has 0 aromatic carbocycles. The van der Waals surface area contributed by atoms with E-state index in [9.17, 15) is 9.59 Å². The molecule has 3 unspecified atom stereocenters. The third-order valence-corrected chi connectivity index (χ3v) is 7.90. The summed E-state index contributed by atoms with van der Waals surface area (Å²) < 4.78 is 5.28. The molecule has 0 saturated heterocycles. The molecular weight excluding hydrogens is 334 g/mol. The molecule has 0 spiro atoms. The van der Waals surface area contributed by atoms with Crippen molar-refractivity contribution in [1.82, 2.24) is 0 Å². The fourth-order valence-electron chi connectivity index (χ4n) is 5.97.